The molecule has 3 heterocycles. The van der Waals surface area contributed by atoms with E-state index in [4.69, 9.17) is 9.15 Å². The molecule has 1 amide bonds. The molecule has 0 radical (unpaired) electrons. The van der Waals surface area contributed by atoms with Crippen LogP contribution in [0.25, 0.3) is 11.5 Å². The summed E-state index contributed by atoms with van der Waals surface area (Å²) in [5.41, 5.74) is 1.53. The number of likely N-dealkylation sites (N-methyl/N-ethyl adjacent to an activating group) is 1. The van der Waals surface area contributed by atoms with Gasteiger partial charge in [-0.2, -0.15) is 0 Å². The monoisotopic (exact) mass is 313 g/mol. The molecule has 2 saturated heterocycles. The van der Waals surface area contributed by atoms with Gasteiger partial charge in [-0.25, -0.2) is 9.78 Å². The topological polar surface area (TPSA) is 58.8 Å². The van der Waals surface area contributed by atoms with Crippen molar-refractivity contribution in [2.45, 2.75) is 18.6 Å². The summed E-state index contributed by atoms with van der Waals surface area (Å²) in [6.07, 6.45) is 2.35. The van der Waals surface area contributed by atoms with Gasteiger partial charge in [0.1, 0.15) is 11.9 Å². The largest absolute Gasteiger partial charge is 0.444 e. The second-order valence-corrected chi connectivity index (χ2v) is 6.38. The van der Waals surface area contributed by atoms with E-state index in [1.165, 1.54) is 0 Å². The number of hydrogen-bond acceptors (Lipinski definition) is 5. The van der Waals surface area contributed by atoms with E-state index in [1.54, 1.807) is 18.2 Å². The van der Waals surface area contributed by atoms with Crippen molar-refractivity contribution in [2.24, 2.45) is 0 Å². The van der Waals surface area contributed by atoms with Gasteiger partial charge >= 0.3 is 6.09 Å². The molecule has 0 aliphatic carbocycles. The molecule has 0 bridgehead atoms. The first-order valence-electron chi connectivity index (χ1n) is 7.80. The average molecular weight is 313 g/mol. The zero-order valence-electron chi connectivity index (χ0n) is 13.1. The van der Waals surface area contributed by atoms with E-state index >= 15 is 0 Å². The van der Waals surface area contributed by atoms with Crippen molar-refractivity contribution in [3.63, 3.8) is 0 Å². The van der Waals surface area contributed by atoms with Crippen molar-refractivity contribution in [3.05, 3.63) is 42.3 Å². The Labute approximate surface area is 134 Å². The van der Waals surface area contributed by atoms with Crippen LogP contribution >= 0.6 is 0 Å². The SMILES string of the molecule is CN1CC2(CCN(Cc3coc(-c4ccccc4)n3)C2)OC1=O. The van der Waals surface area contributed by atoms with Gasteiger partial charge in [-0.15, -0.1) is 0 Å². The Balaban J connectivity index is 1.42. The number of amides is 1. The lowest BCUT2D eigenvalue weighted by atomic mass is 10.0. The van der Waals surface area contributed by atoms with Gasteiger partial charge in [0.05, 0.1) is 12.2 Å². The number of nitrogens with zero attached hydrogens (tertiary/aromatic N) is 3. The van der Waals surface area contributed by atoms with Gasteiger partial charge in [-0.05, 0) is 12.1 Å². The van der Waals surface area contributed by atoms with E-state index in [2.05, 4.69) is 9.88 Å². The number of rotatable bonds is 3. The van der Waals surface area contributed by atoms with Crippen molar-refractivity contribution in [1.29, 1.82) is 0 Å². The van der Waals surface area contributed by atoms with Crippen LogP contribution < -0.4 is 0 Å². The number of carbonyl (C=O) groups excluding carboxylic acids is 1. The zero-order chi connectivity index (χ0) is 15.9. The first-order valence-corrected chi connectivity index (χ1v) is 7.80. The smallest absolute Gasteiger partial charge is 0.410 e. The van der Waals surface area contributed by atoms with Crippen LogP contribution in [0.5, 0.6) is 0 Å². The average Bonchev–Trinajstić information content (AvgIpc) is 3.22. The minimum absolute atomic E-state index is 0.223. The van der Waals surface area contributed by atoms with Gasteiger partial charge in [0.25, 0.3) is 0 Å². The van der Waals surface area contributed by atoms with Crippen LogP contribution in [0.1, 0.15) is 12.1 Å². The van der Waals surface area contributed by atoms with Crippen molar-refractivity contribution >= 4 is 6.09 Å². The Morgan fingerprint density at radius 3 is 2.83 bits per heavy atom. The third kappa shape index (κ3) is 2.70. The van der Waals surface area contributed by atoms with E-state index in [0.29, 0.717) is 19.0 Å². The molecule has 0 saturated carbocycles. The summed E-state index contributed by atoms with van der Waals surface area (Å²) < 4.78 is 11.1. The standard InChI is InChI=1S/C17H19N3O3/c1-19-11-17(23-16(19)21)7-8-20(12-17)9-14-10-22-15(18-14)13-5-3-2-4-6-13/h2-6,10H,7-9,11-12H2,1H3. The fourth-order valence-corrected chi connectivity index (χ4v) is 3.39. The first kappa shape index (κ1) is 14.3. The van der Waals surface area contributed by atoms with Gasteiger partial charge in [0.15, 0.2) is 0 Å². The highest BCUT2D eigenvalue weighted by atomic mass is 16.6. The molecule has 6 heteroatoms. The predicted octanol–water partition coefficient (Wildman–Crippen LogP) is 2.37. The van der Waals surface area contributed by atoms with Crippen LogP contribution in [-0.2, 0) is 11.3 Å². The number of aromatic nitrogens is 1. The van der Waals surface area contributed by atoms with Crippen LogP contribution in [0.4, 0.5) is 4.79 Å². The highest BCUT2D eigenvalue weighted by molar-refractivity contribution is 5.70. The number of likely N-dealkylation sites (tertiary alicyclic amines) is 1. The molecule has 23 heavy (non-hydrogen) atoms. The normalized spacial score (nSPS) is 24.6. The second kappa shape index (κ2) is 5.38. The van der Waals surface area contributed by atoms with Crippen molar-refractivity contribution in [3.8, 4) is 11.5 Å². The van der Waals surface area contributed by atoms with E-state index in [-0.39, 0.29) is 11.7 Å². The number of benzene rings is 1. The van der Waals surface area contributed by atoms with E-state index in [9.17, 15) is 4.79 Å². The molecule has 1 atom stereocenters. The van der Waals surface area contributed by atoms with E-state index < -0.39 is 0 Å². The molecule has 120 valence electrons. The predicted molar refractivity (Wildman–Crippen MR) is 83.7 cm³/mol. The number of ether oxygens (including phenoxy) is 1. The van der Waals surface area contributed by atoms with Gasteiger partial charge in [-0.3, -0.25) is 4.90 Å². The molecular weight excluding hydrogens is 294 g/mol. The highest BCUT2D eigenvalue weighted by Crippen LogP contribution is 2.32. The third-order valence-corrected chi connectivity index (χ3v) is 4.49. The van der Waals surface area contributed by atoms with Gasteiger partial charge in [0, 0.05) is 38.7 Å². The van der Waals surface area contributed by atoms with Crippen LogP contribution in [0.2, 0.25) is 0 Å². The summed E-state index contributed by atoms with van der Waals surface area (Å²) in [6.45, 7) is 3.01. The second-order valence-electron chi connectivity index (χ2n) is 6.38. The summed E-state index contributed by atoms with van der Waals surface area (Å²) in [6, 6.07) is 9.86. The van der Waals surface area contributed by atoms with Gasteiger partial charge in [0.2, 0.25) is 5.89 Å². The molecular formula is C17H19N3O3. The van der Waals surface area contributed by atoms with Crippen molar-refractivity contribution in [2.75, 3.05) is 26.7 Å². The first-order chi connectivity index (χ1) is 11.1. The summed E-state index contributed by atoms with van der Waals surface area (Å²) >= 11 is 0. The summed E-state index contributed by atoms with van der Waals surface area (Å²) in [5, 5.41) is 0. The zero-order valence-corrected chi connectivity index (χ0v) is 13.1. The van der Waals surface area contributed by atoms with Crippen molar-refractivity contribution < 1.29 is 13.9 Å². The minimum atomic E-state index is -0.349. The Kier molecular flexibility index (Phi) is 3.34. The number of oxazole rings is 1. The molecule has 1 unspecified atom stereocenters. The molecule has 2 fully saturated rings. The number of hydrogen-bond donors (Lipinski definition) is 0. The molecule has 4 rings (SSSR count). The molecule has 0 N–H and O–H groups in total. The third-order valence-electron chi connectivity index (χ3n) is 4.49. The maximum atomic E-state index is 11.6. The lowest BCUT2D eigenvalue weighted by Crippen LogP contribution is -2.37. The maximum Gasteiger partial charge on any atom is 0.410 e. The molecule has 1 aromatic carbocycles. The summed E-state index contributed by atoms with van der Waals surface area (Å²) in [7, 11) is 1.78. The van der Waals surface area contributed by atoms with Gasteiger partial charge in [-0.1, -0.05) is 18.2 Å². The maximum absolute atomic E-state index is 11.6. The van der Waals surface area contributed by atoms with Crippen LogP contribution in [0.15, 0.2) is 41.0 Å². The van der Waals surface area contributed by atoms with Crippen LogP contribution in [0.3, 0.4) is 0 Å². The van der Waals surface area contributed by atoms with Crippen molar-refractivity contribution in [1.82, 2.24) is 14.8 Å². The fraction of sp³-hybridized carbons (Fsp3) is 0.412. The Morgan fingerprint density at radius 1 is 1.26 bits per heavy atom. The Hall–Kier alpha value is -2.34. The summed E-state index contributed by atoms with van der Waals surface area (Å²) in [4.78, 5) is 20.1. The van der Waals surface area contributed by atoms with E-state index in [0.717, 1.165) is 30.8 Å². The molecule has 2 aliphatic rings. The Morgan fingerprint density at radius 2 is 2.09 bits per heavy atom. The molecule has 2 aliphatic heterocycles. The lowest BCUT2D eigenvalue weighted by Gasteiger charge is -2.21. The fourth-order valence-electron chi connectivity index (χ4n) is 3.39. The lowest BCUT2D eigenvalue weighted by molar-refractivity contribution is 0.0626. The highest BCUT2D eigenvalue weighted by Gasteiger charge is 2.48. The minimum Gasteiger partial charge on any atom is -0.444 e. The molecule has 2 aromatic rings. The molecule has 6 nitrogen and oxygen atoms in total. The van der Waals surface area contributed by atoms with Crippen LogP contribution in [-0.4, -0.2) is 53.2 Å². The number of carbonyl (C=O) groups is 1. The van der Waals surface area contributed by atoms with E-state index in [1.807, 2.05) is 30.3 Å². The Bertz CT molecular complexity index is 715. The van der Waals surface area contributed by atoms with Crippen LogP contribution in [0, 0.1) is 0 Å². The van der Waals surface area contributed by atoms with Gasteiger partial charge < -0.3 is 14.1 Å². The summed E-state index contributed by atoms with van der Waals surface area (Å²) in [5.74, 6) is 0.640. The molecule has 1 spiro atoms. The molecule has 1 aromatic heterocycles. The quantitative estimate of drug-likeness (QED) is 0.870.